The molecule has 1 aliphatic heterocycles. The summed E-state index contributed by atoms with van der Waals surface area (Å²) in [5.41, 5.74) is 0.721. The molecule has 3 aromatic rings. The van der Waals surface area contributed by atoms with Crippen molar-refractivity contribution < 1.29 is 4.79 Å². The fourth-order valence-electron chi connectivity index (χ4n) is 4.64. The molecule has 2 amide bonds. The molecule has 1 aromatic carbocycles. The number of nitrogens with zero attached hydrogens (tertiary/aromatic N) is 4. The number of anilines is 1. The van der Waals surface area contributed by atoms with E-state index in [9.17, 15) is 9.59 Å². The number of carbonyl (C=O) groups is 1. The third-order valence-corrected chi connectivity index (χ3v) is 6.67. The van der Waals surface area contributed by atoms with Gasteiger partial charge < -0.3 is 4.90 Å². The average Bonchev–Trinajstić information content (AvgIpc) is 3.50. The predicted molar refractivity (Wildman–Crippen MR) is 113 cm³/mol. The van der Waals surface area contributed by atoms with Crippen molar-refractivity contribution >= 4 is 33.4 Å². The molecule has 2 aliphatic rings. The molecule has 5 rings (SSSR count). The predicted octanol–water partition coefficient (Wildman–Crippen LogP) is 4.34. The molecule has 1 saturated carbocycles. The summed E-state index contributed by atoms with van der Waals surface area (Å²) >= 11 is 1.39. The number of benzene rings is 1. The fourth-order valence-corrected chi connectivity index (χ4v) is 5.16. The summed E-state index contributed by atoms with van der Waals surface area (Å²) in [6.07, 6.45) is 7.61. The van der Waals surface area contributed by atoms with Crippen molar-refractivity contribution in [3.63, 3.8) is 0 Å². The van der Waals surface area contributed by atoms with E-state index in [0.717, 1.165) is 44.3 Å². The number of likely N-dealkylation sites (tertiary alicyclic amines) is 1. The zero-order valence-corrected chi connectivity index (χ0v) is 16.9. The van der Waals surface area contributed by atoms with E-state index in [1.54, 1.807) is 6.20 Å². The summed E-state index contributed by atoms with van der Waals surface area (Å²) in [5, 5.41) is 5.95. The maximum Gasteiger partial charge on any atom is 0.324 e. The average molecular weight is 410 g/mol. The highest BCUT2D eigenvalue weighted by atomic mass is 32.1. The Bertz CT molecular complexity index is 1090. The minimum atomic E-state index is -0.201. The number of rotatable bonds is 3. The van der Waals surface area contributed by atoms with Gasteiger partial charge in [0.25, 0.3) is 5.56 Å². The number of para-hydroxylation sites is 1. The van der Waals surface area contributed by atoms with Gasteiger partial charge in [-0.05, 0) is 37.8 Å². The maximum atomic E-state index is 13.4. The Balaban J connectivity index is 1.58. The van der Waals surface area contributed by atoms with Crippen molar-refractivity contribution in [2.24, 2.45) is 0 Å². The molecular weight excluding hydrogens is 386 g/mol. The Labute approximate surface area is 172 Å². The SMILES string of the molecule is O=C(Nc1nccs1)N1CCCC1c1nc2ccccc2c(=O)n1C1CCCC1. The van der Waals surface area contributed by atoms with Crippen LogP contribution >= 0.6 is 11.3 Å². The van der Waals surface area contributed by atoms with Crippen LogP contribution in [0.15, 0.2) is 40.6 Å². The molecular formula is C21H23N5O2S. The lowest BCUT2D eigenvalue weighted by molar-refractivity contribution is 0.202. The first-order valence-electron chi connectivity index (χ1n) is 10.2. The van der Waals surface area contributed by atoms with Crippen molar-refractivity contribution in [3.8, 4) is 0 Å². The highest BCUT2D eigenvalue weighted by molar-refractivity contribution is 7.13. The molecule has 8 heteroatoms. The lowest BCUT2D eigenvalue weighted by Gasteiger charge is -2.28. The van der Waals surface area contributed by atoms with Gasteiger partial charge in [-0.2, -0.15) is 0 Å². The quantitative estimate of drug-likeness (QED) is 0.698. The Morgan fingerprint density at radius 2 is 1.97 bits per heavy atom. The van der Waals surface area contributed by atoms with Crippen molar-refractivity contribution in [1.82, 2.24) is 19.4 Å². The molecule has 1 atom stereocenters. The second-order valence-electron chi connectivity index (χ2n) is 7.72. The van der Waals surface area contributed by atoms with Crippen LogP contribution in [0.4, 0.5) is 9.93 Å². The number of nitrogens with one attached hydrogen (secondary N) is 1. The van der Waals surface area contributed by atoms with E-state index in [4.69, 9.17) is 4.98 Å². The molecule has 2 aromatic heterocycles. The van der Waals surface area contributed by atoms with Gasteiger partial charge in [0.1, 0.15) is 5.82 Å². The van der Waals surface area contributed by atoms with Crippen molar-refractivity contribution in [2.75, 3.05) is 11.9 Å². The largest absolute Gasteiger partial charge is 0.324 e. The number of fused-ring (bicyclic) bond motifs is 1. The van der Waals surface area contributed by atoms with E-state index in [-0.39, 0.29) is 23.7 Å². The summed E-state index contributed by atoms with van der Waals surface area (Å²) in [7, 11) is 0. The number of urea groups is 1. The Morgan fingerprint density at radius 1 is 1.14 bits per heavy atom. The number of thiazole rings is 1. The lowest BCUT2D eigenvalue weighted by Crippen LogP contribution is -2.38. The second-order valence-corrected chi connectivity index (χ2v) is 8.61. The Hall–Kier alpha value is -2.74. The molecule has 0 radical (unpaired) electrons. The van der Waals surface area contributed by atoms with Crippen LogP contribution in [0.2, 0.25) is 0 Å². The fraction of sp³-hybridized carbons (Fsp3) is 0.429. The zero-order valence-electron chi connectivity index (χ0n) is 16.1. The molecule has 3 heterocycles. The molecule has 1 aliphatic carbocycles. The summed E-state index contributed by atoms with van der Waals surface area (Å²) in [6, 6.07) is 7.30. The molecule has 29 heavy (non-hydrogen) atoms. The van der Waals surface area contributed by atoms with Gasteiger partial charge in [0.2, 0.25) is 0 Å². The van der Waals surface area contributed by atoms with Gasteiger partial charge in [-0.15, -0.1) is 11.3 Å². The van der Waals surface area contributed by atoms with Crippen LogP contribution in [-0.4, -0.2) is 32.0 Å². The highest BCUT2D eigenvalue weighted by Crippen LogP contribution is 2.36. The molecule has 0 bridgehead atoms. The molecule has 1 N–H and O–H groups in total. The van der Waals surface area contributed by atoms with E-state index in [0.29, 0.717) is 22.6 Å². The van der Waals surface area contributed by atoms with Crippen LogP contribution < -0.4 is 10.9 Å². The van der Waals surface area contributed by atoms with Crippen LogP contribution in [0, 0.1) is 0 Å². The van der Waals surface area contributed by atoms with Gasteiger partial charge in [-0.3, -0.25) is 14.7 Å². The first kappa shape index (κ1) is 18.3. The smallest absolute Gasteiger partial charge is 0.314 e. The van der Waals surface area contributed by atoms with Crippen LogP contribution in [-0.2, 0) is 0 Å². The van der Waals surface area contributed by atoms with Crippen molar-refractivity contribution in [3.05, 3.63) is 52.0 Å². The van der Waals surface area contributed by atoms with Gasteiger partial charge in [0, 0.05) is 24.2 Å². The standard InChI is InChI=1S/C21H23N5O2S/c27-19-15-8-3-4-9-16(15)23-18(26(19)14-6-1-2-7-14)17-10-5-12-25(17)21(28)24-20-22-11-13-29-20/h3-4,8-9,11,13-14,17H,1-2,5-7,10,12H2,(H,22,24,28). The summed E-state index contributed by atoms with van der Waals surface area (Å²) in [4.78, 5) is 37.2. The number of hydrogen-bond acceptors (Lipinski definition) is 5. The van der Waals surface area contributed by atoms with E-state index in [2.05, 4.69) is 10.3 Å². The first-order chi connectivity index (χ1) is 14.2. The molecule has 150 valence electrons. The third kappa shape index (κ3) is 3.31. The second kappa shape index (κ2) is 7.59. The van der Waals surface area contributed by atoms with Crippen LogP contribution in [0.25, 0.3) is 10.9 Å². The zero-order chi connectivity index (χ0) is 19.8. The van der Waals surface area contributed by atoms with Gasteiger partial charge in [0.15, 0.2) is 5.13 Å². The Kier molecular flexibility index (Phi) is 4.79. The maximum absolute atomic E-state index is 13.4. The lowest BCUT2D eigenvalue weighted by atomic mass is 10.1. The van der Waals surface area contributed by atoms with Crippen molar-refractivity contribution in [2.45, 2.75) is 50.6 Å². The molecule has 1 unspecified atom stereocenters. The van der Waals surface area contributed by atoms with E-state index in [1.807, 2.05) is 39.1 Å². The number of amides is 2. The monoisotopic (exact) mass is 409 g/mol. The summed E-state index contributed by atoms with van der Waals surface area (Å²) in [6.45, 7) is 0.648. The Morgan fingerprint density at radius 3 is 2.76 bits per heavy atom. The van der Waals surface area contributed by atoms with Gasteiger partial charge in [-0.25, -0.2) is 14.8 Å². The minimum absolute atomic E-state index is 0.0182. The van der Waals surface area contributed by atoms with Crippen molar-refractivity contribution in [1.29, 1.82) is 0 Å². The molecule has 2 fully saturated rings. The van der Waals surface area contributed by atoms with E-state index in [1.165, 1.54) is 11.3 Å². The highest BCUT2D eigenvalue weighted by Gasteiger charge is 2.35. The number of carbonyl (C=O) groups excluding carboxylic acids is 1. The van der Waals surface area contributed by atoms with E-state index < -0.39 is 0 Å². The van der Waals surface area contributed by atoms with Gasteiger partial charge in [-0.1, -0.05) is 25.0 Å². The van der Waals surface area contributed by atoms with Crippen LogP contribution in [0.3, 0.4) is 0 Å². The molecule has 7 nitrogen and oxygen atoms in total. The summed E-state index contributed by atoms with van der Waals surface area (Å²) in [5.74, 6) is 0.729. The van der Waals surface area contributed by atoms with Crippen LogP contribution in [0.5, 0.6) is 0 Å². The molecule has 0 spiro atoms. The number of aromatic nitrogens is 3. The normalized spacial score (nSPS) is 19.9. The van der Waals surface area contributed by atoms with E-state index >= 15 is 0 Å². The number of hydrogen-bond donors (Lipinski definition) is 1. The first-order valence-corrected chi connectivity index (χ1v) is 11.1. The molecule has 1 saturated heterocycles. The summed E-state index contributed by atoms with van der Waals surface area (Å²) < 4.78 is 1.90. The minimum Gasteiger partial charge on any atom is -0.314 e. The topological polar surface area (TPSA) is 80.1 Å². The third-order valence-electron chi connectivity index (χ3n) is 5.98. The van der Waals surface area contributed by atoms with Gasteiger partial charge in [0.05, 0.1) is 16.9 Å². The van der Waals surface area contributed by atoms with Crippen LogP contribution in [0.1, 0.15) is 56.4 Å². The van der Waals surface area contributed by atoms with Gasteiger partial charge >= 0.3 is 6.03 Å².